The molecule has 0 spiro atoms. The first-order valence-corrected chi connectivity index (χ1v) is 9.05. The highest BCUT2D eigenvalue weighted by atomic mass is 16.4. The molecule has 7 N–H and O–H groups in total. The van der Waals surface area contributed by atoms with E-state index in [1.54, 1.807) is 6.20 Å². The molecule has 3 unspecified atom stereocenters. The number of benzene rings is 1. The number of rotatable bonds is 10. The number of hydrogen-bond acceptors (Lipinski definition) is 5. The van der Waals surface area contributed by atoms with Gasteiger partial charge in [-0.1, -0.05) is 18.2 Å². The Morgan fingerprint density at radius 3 is 2.34 bits per heavy atom. The number of aliphatic carboxylic acids is 2. The number of para-hydroxylation sites is 1. The molecule has 10 nitrogen and oxygen atoms in total. The number of nitrogens with two attached hydrogens (primary N) is 1. The van der Waals surface area contributed by atoms with E-state index in [-0.39, 0.29) is 19.3 Å². The van der Waals surface area contributed by atoms with Crippen molar-refractivity contribution >= 4 is 34.7 Å². The molecule has 0 aliphatic rings. The number of nitrogens with one attached hydrogen (secondary N) is 3. The summed E-state index contributed by atoms with van der Waals surface area (Å²) in [6.45, 7) is 1.42. The van der Waals surface area contributed by atoms with Crippen molar-refractivity contribution in [2.24, 2.45) is 5.73 Å². The van der Waals surface area contributed by atoms with Crippen LogP contribution in [0.3, 0.4) is 0 Å². The van der Waals surface area contributed by atoms with Gasteiger partial charge in [0, 0.05) is 29.9 Å². The minimum absolute atomic E-state index is 0.0119. The van der Waals surface area contributed by atoms with Gasteiger partial charge in [0.05, 0.1) is 6.04 Å². The van der Waals surface area contributed by atoms with Gasteiger partial charge in [-0.25, -0.2) is 4.79 Å². The predicted octanol–water partition coefficient (Wildman–Crippen LogP) is -0.0234. The largest absolute Gasteiger partial charge is 0.481 e. The summed E-state index contributed by atoms with van der Waals surface area (Å²) in [5.74, 6) is -3.82. The number of fused-ring (bicyclic) bond motifs is 1. The molecule has 156 valence electrons. The highest BCUT2D eigenvalue weighted by Crippen LogP contribution is 2.19. The van der Waals surface area contributed by atoms with Gasteiger partial charge in [0.25, 0.3) is 0 Å². The summed E-state index contributed by atoms with van der Waals surface area (Å²) in [7, 11) is 0. The molecule has 29 heavy (non-hydrogen) atoms. The number of aromatic nitrogens is 1. The van der Waals surface area contributed by atoms with Gasteiger partial charge in [-0.3, -0.25) is 14.4 Å². The fourth-order valence-corrected chi connectivity index (χ4v) is 2.83. The van der Waals surface area contributed by atoms with Crippen LogP contribution in [0.5, 0.6) is 0 Å². The first kappa shape index (κ1) is 21.9. The van der Waals surface area contributed by atoms with Gasteiger partial charge in [-0.15, -0.1) is 0 Å². The highest BCUT2D eigenvalue weighted by Gasteiger charge is 2.28. The Morgan fingerprint density at radius 1 is 1.07 bits per heavy atom. The molecule has 0 saturated carbocycles. The smallest absolute Gasteiger partial charge is 0.326 e. The number of carboxylic acids is 2. The van der Waals surface area contributed by atoms with Crippen LogP contribution in [0.4, 0.5) is 0 Å². The van der Waals surface area contributed by atoms with Crippen LogP contribution >= 0.6 is 0 Å². The third kappa shape index (κ3) is 6.04. The molecule has 1 aromatic carbocycles. The van der Waals surface area contributed by atoms with E-state index < -0.39 is 41.9 Å². The first-order valence-electron chi connectivity index (χ1n) is 9.05. The average molecular weight is 404 g/mol. The van der Waals surface area contributed by atoms with E-state index in [0.29, 0.717) is 5.56 Å². The van der Waals surface area contributed by atoms with Crippen molar-refractivity contribution in [3.63, 3.8) is 0 Å². The summed E-state index contributed by atoms with van der Waals surface area (Å²) in [5.41, 5.74) is 7.01. The lowest BCUT2D eigenvalue weighted by atomic mass is 10.0. The van der Waals surface area contributed by atoms with Crippen LogP contribution in [0.2, 0.25) is 0 Å². The van der Waals surface area contributed by atoms with Crippen LogP contribution in [0, 0.1) is 0 Å². The minimum Gasteiger partial charge on any atom is -0.481 e. The Balaban J connectivity index is 2.14. The summed E-state index contributed by atoms with van der Waals surface area (Å²) in [6, 6.07) is 3.96. The number of carbonyl (C=O) groups excluding carboxylic acids is 2. The Kier molecular flexibility index (Phi) is 7.32. The normalized spacial score (nSPS) is 14.0. The number of carboxylic acid groups (broad SMARTS) is 2. The molecule has 0 bridgehead atoms. The topological polar surface area (TPSA) is 175 Å². The molecule has 0 saturated heterocycles. The van der Waals surface area contributed by atoms with Gasteiger partial charge in [0.15, 0.2) is 0 Å². The van der Waals surface area contributed by atoms with E-state index in [9.17, 15) is 24.3 Å². The second-order valence-electron chi connectivity index (χ2n) is 6.75. The van der Waals surface area contributed by atoms with Gasteiger partial charge in [0.2, 0.25) is 11.8 Å². The number of amides is 2. The molecular weight excluding hydrogens is 380 g/mol. The Labute approximate surface area is 166 Å². The molecule has 2 aromatic rings. The fourth-order valence-electron chi connectivity index (χ4n) is 2.83. The molecule has 0 aliphatic heterocycles. The maximum absolute atomic E-state index is 12.6. The molecule has 10 heteroatoms. The Bertz CT molecular complexity index is 907. The molecule has 3 atom stereocenters. The summed E-state index contributed by atoms with van der Waals surface area (Å²) in [6.07, 6.45) is 1.11. The van der Waals surface area contributed by atoms with Crippen LogP contribution in [0.15, 0.2) is 30.5 Å². The lowest BCUT2D eigenvalue weighted by Crippen LogP contribution is -2.54. The summed E-state index contributed by atoms with van der Waals surface area (Å²) >= 11 is 0. The lowest BCUT2D eigenvalue weighted by Gasteiger charge is -2.22. The minimum atomic E-state index is -1.26. The number of aromatic amines is 1. The molecular formula is C19H24N4O6. The molecule has 2 amide bonds. The molecule has 0 fully saturated rings. The van der Waals surface area contributed by atoms with Gasteiger partial charge in [-0.2, -0.15) is 0 Å². The van der Waals surface area contributed by atoms with Crippen molar-refractivity contribution in [3.05, 3.63) is 36.0 Å². The quantitative estimate of drug-likeness (QED) is 0.322. The summed E-state index contributed by atoms with van der Waals surface area (Å²) in [4.78, 5) is 50.0. The maximum Gasteiger partial charge on any atom is 0.326 e. The Hall–Kier alpha value is -3.40. The SMILES string of the molecule is CC(N)C(=O)NC(CCC(=O)O)C(=O)NC(Cc1c[nH]c2ccccc12)C(=O)O. The zero-order chi connectivity index (χ0) is 21.6. The van der Waals surface area contributed by atoms with E-state index >= 15 is 0 Å². The highest BCUT2D eigenvalue weighted by molar-refractivity contribution is 5.92. The van der Waals surface area contributed by atoms with Gasteiger partial charge >= 0.3 is 11.9 Å². The average Bonchev–Trinajstić information content (AvgIpc) is 3.06. The van der Waals surface area contributed by atoms with E-state index in [0.717, 1.165) is 10.9 Å². The third-order valence-electron chi connectivity index (χ3n) is 4.41. The van der Waals surface area contributed by atoms with E-state index in [1.165, 1.54) is 6.92 Å². The molecule has 1 aromatic heterocycles. The van der Waals surface area contributed by atoms with E-state index in [1.807, 2.05) is 24.3 Å². The van der Waals surface area contributed by atoms with Crippen molar-refractivity contribution < 1.29 is 29.4 Å². The number of carbonyl (C=O) groups is 4. The summed E-state index contributed by atoms with van der Waals surface area (Å²) in [5, 5.41) is 24.0. The number of hydrogen-bond donors (Lipinski definition) is 6. The second kappa shape index (κ2) is 9.69. The van der Waals surface area contributed by atoms with Crippen LogP contribution < -0.4 is 16.4 Å². The van der Waals surface area contributed by atoms with Gasteiger partial charge in [-0.05, 0) is 25.0 Å². The monoisotopic (exact) mass is 404 g/mol. The lowest BCUT2D eigenvalue weighted by molar-refractivity contribution is -0.143. The molecule has 2 rings (SSSR count). The van der Waals surface area contributed by atoms with Crippen LogP contribution in [0.1, 0.15) is 25.3 Å². The number of H-pyrrole nitrogens is 1. The second-order valence-corrected chi connectivity index (χ2v) is 6.75. The standard InChI is InChI=1S/C19H24N4O6/c1-10(20)17(26)22-14(6-7-16(24)25)18(27)23-15(19(28)29)8-11-9-21-13-5-3-2-4-12(11)13/h2-5,9-10,14-15,21H,6-8,20H2,1H3,(H,22,26)(H,23,27)(H,24,25)(H,28,29). The predicted molar refractivity (Wildman–Crippen MR) is 104 cm³/mol. The van der Waals surface area contributed by atoms with Gasteiger partial charge < -0.3 is 31.6 Å². The van der Waals surface area contributed by atoms with Crippen LogP contribution in [-0.2, 0) is 25.6 Å². The van der Waals surface area contributed by atoms with Crippen molar-refractivity contribution in [1.82, 2.24) is 15.6 Å². The maximum atomic E-state index is 12.6. The van der Waals surface area contributed by atoms with E-state index in [2.05, 4.69) is 15.6 Å². The van der Waals surface area contributed by atoms with Crippen molar-refractivity contribution in [1.29, 1.82) is 0 Å². The van der Waals surface area contributed by atoms with Crippen LogP contribution in [0.25, 0.3) is 10.9 Å². The zero-order valence-corrected chi connectivity index (χ0v) is 15.8. The zero-order valence-electron chi connectivity index (χ0n) is 15.8. The van der Waals surface area contributed by atoms with Crippen molar-refractivity contribution in [3.8, 4) is 0 Å². The van der Waals surface area contributed by atoms with Crippen molar-refractivity contribution in [2.75, 3.05) is 0 Å². The third-order valence-corrected chi connectivity index (χ3v) is 4.41. The van der Waals surface area contributed by atoms with E-state index in [4.69, 9.17) is 10.8 Å². The molecule has 0 radical (unpaired) electrons. The first-order chi connectivity index (χ1) is 13.7. The van der Waals surface area contributed by atoms with Gasteiger partial charge in [0.1, 0.15) is 12.1 Å². The van der Waals surface area contributed by atoms with Crippen molar-refractivity contribution in [2.45, 2.75) is 44.3 Å². The van der Waals surface area contributed by atoms with Crippen LogP contribution in [-0.4, -0.2) is 57.1 Å². The molecule has 0 aliphatic carbocycles. The fraction of sp³-hybridized carbons (Fsp3) is 0.368. The molecule has 1 heterocycles. The Morgan fingerprint density at radius 2 is 1.72 bits per heavy atom. The summed E-state index contributed by atoms with van der Waals surface area (Å²) < 4.78 is 0.